The zero-order chi connectivity index (χ0) is 18.5. The molecule has 0 bridgehead atoms. The lowest BCUT2D eigenvalue weighted by atomic mass is 10.1. The molecule has 1 aliphatic heterocycles. The highest BCUT2D eigenvalue weighted by molar-refractivity contribution is 7.99. The van der Waals surface area contributed by atoms with Gasteiger partial charge in [0.05, 0.1) is 13.7 Å². The highest BCUT2D eigenvalue weighted by Crippen LogP contribution is 2.41. The van der Waals surface area contributed by atoms with E-state index in [-0.39, 0.29) is 17.1 Å². The van der Waals surface area contributed by atoms with Crippen LogP contribution in [0.5, 0.6) is 11.5 Å². The van der Waals surface area contributed by atoms with Crippen molar-refractivity contribution in [3.63, 3.8) is 0 Å². The van der Waals surface area contributed by atoms with E-state index in [1.807, 2.05) is 30.0 Å². The molecule has 2 aromatic carbocycles. The molecule has 1 fully saturated rings. The van der Waals surface area contributed by atoms with Gasteiger partial charge in [0.15, 0.2) is 11.5 Å². The molecule has 138 valence electrons. The van der Waals surface area contributed by atoms with Crippen molar-refractivity contribution >= 4 is 17.7 Å². The normalized spacial score (nSPS) is 17.3. The molecule has 26 heavy (non-hydrogen) atoms. The second kappa shape index (κ2) is 8.45. The quantitative estimate of drug-likeness (QED) is 0.750. The molecule has 2 aromatic rings. The van der Waals surface area contributed by atoms with E-state index in [0.717, 1.165) is 16.9 Å². The van der Waals surface area contributed by atoms with Crippen LogP contribution in [0.1, 0.15) is 29.8 Å². The Morgan fingerprint density at radius 3 is 2.65 bits per heavy atom. The van der Waals surface area contributed by atoms with Crippen molar-refractivity contribution in [2.45, 2.75) is 25.3 Å². The second-order valence-electron chi connectivity index (χ2n) is 5.96. The van der Waals surface area contributed by atoms with E-state index in [9.17, 15) is 9.18 Å². The molecule has 1 atom stereocenters. The molecule has 1 amide bonds. The molecule has 1 heterocycles. The van der Waals surface area contributed by atoms with Crippen LogP contribution in [0.2, 0.25) is 0 Å². The lowest BCUT2D eigenvalue weighted by Gasteiger charge is -2.35. The van der Waals surface area contributed by atoms with Gasteiger partial charge < -0.3 is 14.4 Å². The third kappa shape index (κ3) is 4.12. The van der Waals surface area contributed by atoms with Crippen LogP contribution in [-0.2, 0) is 11.3 Å². The first-order valence-corrected chi connectivity index (χ1v) is 9.63. The summed E-state index contributed by atoms with van der Waals surface area (Å²) in [6, 6.07) is 12.1. The summed E-state index contributed by atoms with van der Waals surface area (Å²) in [5.41, 5.74) is 1.90. The van der Waals surface area contributed by atoms with Crippen molar-refractivity contribution in [1.29, 1.82) is 0 Å². The number of rotatable bonds is 6. The van der Waals surface area contributed by atoms with Crippen LogP contribution >= 0.6 is 11.8 Å². The first-order chi connectivity index (χ1) is 12.6. The van der Waals surface area contributed by atoms with E-state index in [4.69, 9.17) is 9.47 Å². The molecule has 1 aliphatic rings. The van der Waals surface area contributed by atoms with Crippen molar-refractivity contribution in [3.8, 4) is 11.5 Å². The van der Waals surface area contributed by atoms with Crippen LogP contribution in [0.4, 0.5) is 4.39 Å². The zero-order valence-corrected chi connectivity index (χ0v) is 15.7. The fourth-order valence-corrected chi connectivity index (χ4v) is 4.20. The van der Waals surface area contributed by atoms with Gasteiger partial charge in [-0.15, -0.1) is 11.8 Å². The molecule has 0 N–H and O–H groups in total. The Labute approximate surface area is 157 Å². The van der Waals surface area contributed by atoms with Crippen LogP contribution in [0.15, 0.2) is 42.5 Å². The predicted octanol–water partition coefficient (Wildman–Crippen LogP) is 4.40. The van der Waals surface area contributed by atoms with Gasteiger partial charge in [-0.1, -0.05) is 18.2 Å². The Hall–Kier alpha value is -2.21. The number of amides is 1. The number of methoxy groups -OCH3 is 1. The Bertz CT molecular complexity index is 766. The first kappa shape index (κ1) is 18.6. The minimum atomic E-state index is -0.277. The summed E-state index contributed by atoms with van der Waals surface area (Å²) in [7, 11) is 1.61. The predicted molar refractivity (Wildman–Crippen MR) is 101 cm³/mol. The standard InChI is InChI=1S/C20H22FNO3S/c1-3-25-18-12-15(6-9-17(18)24-2)20-22(19(23)10-11-26-20)13-14-4-7-16(21)8-5-14/h4-9,12,20H,3,10-11,13H2,1-2H3. The Morgan fingerprint density at radius 2 is 1.96 bits per heavy atom. The minimum Gasteiger partial charge on any atom is -0.493 e. The number of benzene rings is 2. The van der Waals surface area contributed by atoms with Gasteiger partial charge in [-0.25, -0.2) is 4.39 Å². The molecule has 0 radical (unpaired) electrons. The average Bonchev–Trinajstić information content (AvgIpc) is 2.65. The van der Waals surface area contributed by atoms with Gasteiger partial charge in [-0.2, -0.15) is 0 Å². The largest absolute Gasteiger partial charge is 0.493 e. The number of hydrogen-bond acceptors (Lipinski definition) is 4. The molecule has 3 rings (SSSR count). The molecule has 6 heteroatoms. The SMILES string of the molecule is CCOc1cc(C2SCCC(=O)N2Cc2ccc(F)cc2)ccc1OC. The average molecular weight is 375 g/mol. The lowest BCUT2D eigenvalue weighted by Crippen LogP contribution is -2.36. The summed E-state index contributed by atoms with van der Waals surface area (Å²) in [6.07, 6.45) is 0.511. The van der Waals surface area contributed by atoms with Gasteiger partial charge in [0.25, 0.3) is 0 Å². The molecular weight excluding hydrogens is 353 g/mol. The second-order valence-corrected chi connectivity index (χ2v) is 7.15. The molecule has 4 nitrogen and oxygen atoms in total. The van der Waals surface area contributed by atoms with Gasteiger partial charge >= 0.3 is 0 Å². The molecule has 0 saturated carbocycles. The number of halogens is 1. The Balaban J connectivity index is 1.89. The van der Waals surface area contributed by atoms with Gasteiger partial charge in [0.2, 0.25) is 5.91 Å². The summed E-state index contributed by atoms with van der Waals surface area (Å²) in [6.45, 7) is 2.91. The number of ether oxygens (including phenoxy) is 2. The van der Waals surface area contributed by atoms with E-state index in [1.165, 1.54) is 12.1 Å². The summed E-state index contributed by atoms with van der Waals surface area (Å²) in [5, 5.41) is -0.105. The molecule has 0 spiro atoms. The van der Waals surface area contributed by atoms with E-state index in [2.05, 4.69) is 0 Å². The topological polar surface area (TPSA) is 38.8 Å². The summed E-state index contributed by atoms with van der Waals surface area (Å²) >= 11 is 1.73. The molecular formula is C20H22FNO3S. The van der Waals surface area contributed by atoms with Gasteiger partial charge in [-0.3, -0.25) is 4.79 Å². The third-order valence-corrected chi connectivity index (χ3v) is 5.52. The fourth-order valence-electron chi connectivity index (χ4n) is 2.97. The van der Waals surface area contributed by atoms with Crippen molar-refractivity contribution in [2.75, 3.05) is 19.5 Å². The third-order valence-electron chi connectivity index (χ3n) is 4.23. The monoisotopic (exact) mass is 375 g/mol. The van der Waals surface area contributed by atoms with Gasteiger partial charge in [0.1, 0.15) is 11.2 Å². The minimum absolute atomic E-state index is 0.104. The van der Waals surface area contributed by atoms with Gasteiger partial charge in [-0.05, 0) is 42.3 Å². The zero-order valence-electron chi connectivity index (χ0n) is 14.9. The Morgan fingerprint density at radius 1 is 1.19 bits per heavy atom. The maximum atomic E-state index is 13.2. The first-order valence-electron chi connectivity index (χ1n) is 8.58. The number of thioether (sulfide) groups is 1. The number of carbonyl (C=O) groups is 1. The fraction of sp³-hybridized carbons (Fsp3) is 0.350. The van der Waals surface area contributed by atoms with E-state index in [1.54, 1.807) is 31.0 Å². The van der Waals surface area contributed by atoms with Crippen LogP contribution < -0.4 is 9.47 Å². The summed E-state index contributed by atoms with van der Waals surface area (Å²) in [4.78, 5) is 14.4. The van der Waals surface area contributed by atoms with Crippen LogP contribution in [-0.4, -0.2) is 30.3 Å². The summed E-state index contributed by atoms with van der Waals surface area (Å²) in [5.74, 6) is 1.95. The van der Waals surface area contributed by atoms with Crippen LogP contribution in [0, 0.1) is 5.82 Å². The molecule has 0 aliphatic carbocycles. The highest BCUT2D eigenvalue weighted by atomic mass is 32.2. The maximum absolute atomic E-state index is 13.2. The molecule has 1 unspecified atom stereocenters. The summed E-state index contributed by atoms with van der Waals surface area (Å²) < 4.78 is 24.2. The van der Waals surface area contributed by atoms with Gasteiger partial charge in [0, 0.05) is 18.7 Å². The smallest absolute Gasteiger partial charge is 0.224 e. The van der Waals surface area contributed by atoms with E-state index in [0.29, 0.717) is 31.1 Å². The van der Waals surface area contributed by atoms with Crippen molar-refractivity contribution < 1.29 is 18.7 Å². The van der Waals surface area contributed by atoms with Crippen LogP contribution in [0.3, 0.4) is 0 Å². The number of hydrogen-bond donors (Lipinski definition) is 0. The molecule has 0 aromatic heterocycles. The van der Waals surface area contributed by atoms with Crippen molar-refractivity contribution in [1.82, 2.24) is 4.90 Å². The number of nitrogens with zero attached hydrogens (tertiary/aromatic N) is 1. The molecule has 1 saturated heterocycles. The van der Waals surface area contributed by atoms with Crippen molar-refractivity contribution in [3.05, 3.63) is 59.4 Å². The number of carbonyl (C=O) groups excluding carboxylic acids is 1. The lowest BCUT2D eigenvalue weighted by molar-refractivity contribution is -0.132. The van der Waals surface area contributed by atoms with E-state index >= 15 is 0 Å². The highest BCUT2D eigenvalue weighted by Gasteiger charge is 2.30. The van der Waals surface area contributed by atoms with E-state index < -0.39 is 0 Å². The van der Waals surface area contributed by atoms with Crippen LogP contribution in [0.25, 0.3) is 0 Å². The maximum Gasteiger partial charge on any atom is 0.224 e. The van der Waals surface area contributed by atoms with Crippen molar-refractivity contribution in [2.24, 2.45) is 0 Å². The Kier molecular flexibility index (Phi) is 6.04.